The molecule has 24 heavy (non-hydrogen) atoms. The van der Waals surface area contributed by atoms with Gasteiger partial charge in [0.05, 0.1) is 6.54 Å². The Morgan fingerprint density at radius 3 is 2.25 bits per heavy atom. The first-order valence-electron chi connectivity index (χ1n) is 8.12. The molecule has 0 radical (unpaired) electrons. The minimum absolute atomic E-state index is 0.0102. The summed E-state index contributed by atoms with van der Waals surface area (Å²) in [6.45, 7) is 6.16. The minimum atomic E-state index is -0.479. The van der Waals surface area contributed by atoms with Gasteiger partial charge in [-0.2, -0.15) is 0 Å². The first-order chi connectivity index (χ1) is 11.5. The van der Waals surface area contributed by atoms with Crippen molar-refractivity contribution < 1.29 is 14.4 Å². The van der Waals surface area contributed by atoms with E-state index in [2.05, 4.69) is 10.6 Å². The molecule has 2 rings (SSSR count). The van der Waals surface area contributed by atoms with Crippen LogP contribution in [0.15, 0.2) is 30.3 Å². The van der Waals surface area contributed by atoms with Crippen molar-refractivity contribution in [2.24, 2.45) is 0 Å². The summed E-state index contributed by atoms with van der Waals surface area (Å²) < 4.78 is 0. The summed E-state index contributed by atoms with van der Waals surface area (Å²) in [5, 5.41) is 4.92. The van der Waals surface area contributed by atoms with Gasteiger partial charge in [-0.05, 0) is 26.0 Å². The predicted octanol–water partition coefficient (Wildman–Crippen LogP) is 0.679. The minimum Gasteiger partial charge on any atom is -0.336 e. The van der Waals surface area contributed by atoms with Crippen LogP contribution in [0.25, 0.3) is 0 Å². The molecule has 0 spiro atoms. The summed E-state index contributed by atoms with van der Waals surface area (Å²) >= 11 is 0. The number of imide groups is 1. The SMILES string of the molecule is CC(C)NC(=O)NC(=O)CN1CCN(C(=O)c2ccccc2)CC1. The van der Waals surface area contributed by atoms with Crippen LogP contribution >= 0.6 is 0 Å². The van der Waals surface area contributed by atoms with Gasteiger partial charge >= 0.3 is 6.03 Å². The fourth-order valence-corrected chi connectivity index (χ4v) is 2.54. The van der Waals surface area contributed by atoms with E-state index in [0.717, 1.165) is 0 Å². The van der Waals surface area contributed by atoms with Crippen LogP contribution in [-0.4, -0.2) is 66.4 Å². The zero-order chi connectivity index (χ0) is 17.5. The number of nitrogens with zero attached hydrogens (tertiary/aromatic N) is 2. The van der Waals surface area contributed by atoms with E-state index in [0.29, 0.717) is 31.7 Å². The topological polar surface area (TPSA) is 81.8 Å². The largest absolute Gasteiger partial charge is 0.336 e. The highest BCUT2D eigenvalue weighted by molar-refractivity contribution is 5.95. The van der Waals surface area contributed by atoms with E-state index in [1.165, 1.54) is 0 Å². The predicted molar refractivity (Wildman–Crippen MR) is 90.6 cm³/mol. The molecular formula is C17H24N4O3. The Bertz CT molecular complexity index is 581. The lowest BCUT2D eigenvalue weighted by molar-refractivity contribution is -0.121. The van der Waals surface area contributed by atoms with E-state index in [1.54, 1.807) is 17.0 Å². The van der Waals surface area contributed by atoms with Crippen LogP contribution in [0.5, 0.6) is 0 Å². The fraction of sp³-hybridized carbons (Fsp3) is 0.471. The fourth-order valence-electron chi connectivity index (χ4n) is 2.54. The van der Waals surface area contributed by atoms with Crippen LogP contribution in [-0.2, 0) is 4.79 Å². The summed E-state index contributed by atoms with van der Waals surface area (Å²) in [7, 11) is 0. The third kappa shape index (κ3) is 5.34. The molecule has 7 heteroatoms. The van der Waals surface area contributed by atoms with Crippen molar-refractivity contribution in [3.05, 3.63) is 35.9 Å². The van der Waals surface area contributed by atoms with Gasteiger partial charge in [-0.15, -0.1) is 0 Å². The Labute approximate surface area is 142 Å². The lowest BCUT2D eigenvalue weighted by Crippen LogP contribution is -2.52. The molecule has 1 aromatic carbocycles. The van der Waals surface area contributed by atoms with Gasteiger partial charge < -0.3 is 10.2 Å². The van der Waals surface area contributed by atoms with Gasteiger partial charge in [-0.1, -0.05) is 18.2 Å². The van der Waals surface area contributed by atoms with E-state index in [4.69, 9.17) is 0 Å². The van der Waals surface area contributed by atoms with Gasteiger partial charge in [0.15, 0.2) is 0 Å². The first-order valence-corrected chi connectivity index (χ1v) is 8.12. The maximum atomic E-state index is 12.4. The number of nitrogens with one attached hydrogen (secondary N) is 2. The van der Waals surface area contributed by atoms with Crippen LogP contribution < -0.4 is 10.6 Å². The van der Waals surface area contributed by atoms with Crippen molar-refractivity contribution >= 4 is 17.8 Å². The Balaban J connectivity index is 1.75. The maximum absolute atomic E-state index is 12.4. The number of amides is 4. The molecule has 0 bridgehead atoms. The van der Waals surface area contributed by atoms with Gasteiger partial charge in [0.2, 0.25) is 5.91 Å². The third-order valence-corrected chi connectivity index (χ3v) is 3.72. The number of benzene rings is 1. The highest BCUT2D eigenvalue weighted by Gasteiger charge is 2.23. The molecule has 1 saturated heterocycles. The molecule has 0 unspecified atom stereocenters. The molecule has 130 valence electrons. The number of rotatable bonds is 4. The molecule has 1 aromatic rings. The number of piperazine rings is 1. The Hall–Kier alpha value is -2.41. The molecule has 1 aliphatic heterocycles. The molecule has 2 N–H and O–H groups in total. The molecule has 0 atom stereocenters. The molecule has 7 nitrogen and oxygen atoms in total. The smallest absolute Gasteiger partial charge is 0.321 e. The van der Waals surface area contributed by atoms with Crippen molar-refractivity contribution in [3.63, 3.8) is 0 Å². The molecule has 1 fully saturated rings. The van der Waals surface area contributed by atoms with Gasteiger partial charge in [0.25, 0.3) is 5.91 Å². The highest BCUT2D eigenvalue weighted by atomic mass is 16.2. The van der Waals surface area contributed by atoms with Gasteiger partial charge in [0.1, 0.15) is 0 Å². The van der Waals surface area contributed by atoms with Crippen molar-refractivity contribution in [2.45, 2.75) is 19.9 Å². The van der Waals surface area contributed by atoms with E-state index in [-0.39, 0.29) is 24.4 Å². The number of hydrogen-bond donors (Lipinski definition) is 2. The second-order valence-electron chi connectivity index (χ2n) is 6.11. The number of urea groups is 1. The summed E-state index contributed by atoms with van der Waals surface area (Å²) in [4.78, 5) is 39.4. The van der Waals surface area contributed by atoms with Crippen LogP contribution in [0.1, 0.15) is 24.2 Å². The summed E-state index contributed by atoms with van der Waals surface area (Å²) in [5.74, 6) is -0.327. The second kappa shape index (κ2) is 8.44. The Morgan fingerprint density at radius 2 is 1.67 bits per heavy atom. The summed E-state index contributed by atoms with van der Waals surface area (Å²) in [6.07, 6.45) is 0. The van der Waals surface area contributed by atoms with Crippen LogP contribution in [0.4, 0.5) is 4.79 Å². The lowest BCUT2D eigenvalue weighted by atomic mass is 10.2. The van der Waals surface area contributed by atoms with Crippen LogP contribution in [0.3, 0.4) is 0 Å². The molecular weight excluding hydrogens is 308 g/mol. The molecule has 1 aliphatic rings. The number of carbonyl (C=O) groups is 3. The lowest BCUT2D eigenvalue weighted by Gasteiger charge is -2.34. The molecule has 0 saturated carbocycles. The Morgan fingerprint density at radius 1 is 1.04 bits per heavy atom. The van der Waals surface area contributed by atoms with Crippen LogP contribution in [0.2, 0.25) is 0 Å². The second-order valence-corrected chi connectivity index (χ2v) is 6.11. The van der Waals surface area contributed by atoms with Crippen molar-refractivity contribution in [1.29, 1.82) is 0 Å². The van der Waals surface area contributed by atoms with Crippen molar-refractivity contribution in [3.8, 4) is 0 Å². The standard InChI is InChI=1S/C17H24N4O3/c1-13(2)18-17(24)19-15(22)12-20-8-10-21(11-9-20)16(23)14-6-4-3-5-7-14/h3-7,13H,8-12H2,1-2H3,(H2,18,19,22,24). The van der Waals surface area contributed by atoms with E-state index in [9.17, 15) is 14.4 Å². The van der Waals surface area contributed by atoms with E-state index in [1.807, 2.05) is 36.9 Å². The average Bonchev–Trinajstić information content (AvgIpc) is 2.54. The summed E-state index contributed by atoms with van der Waals surface area (Å²) in [6, 6.07) is 8.66. The monoisotopic (exact) mass is 332 g/mol. The number of hydrogen-bond acceptors (Lipinski definition) is 4. The maximum Gasteiger partial charge on any atom is 0.321 e. The number of carbonyl (C=O) groups excluding carboxylic acids is 3. The van der Waals surface area contributed by atoms with Gasteiger partial charge in [0, 0.05) is 37.8 Å². The normalized spacial score (nSPS) is 15.2. The molecule has 0 aliphatic carbocycles. The van der Waals surface area contributed by atoms with Gasteiger partial charge in [-0.25, -0.2) is 4.79 Å². The van der Waals surface area contributed by atoms with Gasteiger partial charge in [-0.3, -0.25) is 19.8 Å². The quantitative estimate of drug-likeness (QED) is 0.849. The molecule has 4 amide bonds. The third-order valence-electron chi connectivity index (χ3n) is 3.72. The Kier molecular flexibility index (Phi) is 6.31. The first kappa shape index (κ1) is 17.9. The van der Waals surface area contributed by atoms with E-state index >= 15 is 0 Å². The zero-order valence-electron chi connectivity index (χ0n) is 14.1. The van der Waals surface area contributed by atoms with Crippen LogP contribution in [0, 0.1) is 0 Å². The van der Waals surface area contributed by atoms with Crippen molar-refractivity contribution in [1.82, 2.24) is 20.4 Å². The summed E-state index contributed by atoms with van der Waals surface area (Å²) in [5.41, 5.74) is 0.675. The average molecular weight is 332 g/mol. The van der Waals surface area contributed by atoms with Crippen molar-refractivity contribution in [2.75, 3.05) is 32.7 Å². The zero-order valence-corrected chi connectivity index (χ0v) is 14.1. The molecule has 1 heterocycles. The highest BCUT2D eigenvalue weighted by Crippen LogP contribution is 2.08. The van der Waals surface area contributed by atoms with E-state index < -0.39 is 6.03 Å². The molecule has 0 aromatic heterocycles.